The first-order chi connectivity index (χ1) is 13.7. The van der Waals surface area contributed by atoms with E-state index in [4.69, 9.17) is 14.2 Å². The van der Waals surface area contributed by atoms with Gasteiger partial charge >= 0.3 is 0 Å². The molecule has 1 atom stereocenters. The SMILES string of the molecule is Cc1cccc(OC[C@H](O)C[NH+]2CC[NH+](Cc3ccc4c(c3)OCO4)CC2)c1. The van der Waals surface area contributed by atoms with E-state index in [2.05, 4.69) is 12.1 Å². The first-order valence-corrected chi connectivity index (χ1v) is 10.1. The lowest BCUT2D eigenvalue weighted by Gasteiger charge is -2.30. The van der Waals surface area contributed by atoms with Crippen molar-refractivity contribution in [2.45, 2.75) is 19.6 Å². The number of hydrogen-bond donors (Lipinski definition) is 3. The lowest BCUT2D eigenvalue weighted by molar-refractivity contribution is -1.02. The zero-order valence-corrected chi connectivity index (χ0v) is 16.4. The second-order valence-electron chi connectivity index (χ2n) is 7.85. The zero-order valence-electron chi connectivity index (χ0n) is 16.4. The van der Waals surface area contributed by atoms with Crippen molar-refractivity contribution in [2.75, 3.05) is 46.1 Å². The Morgan fingerprint density at radius 1 is 1.00 bits per heavy atom. The molecular weight excluding hydrogens is 356 g/mol. The summed E-state index contributed by atoms with van der Waals surface area (Å²) in [5.74, 6) is 2.53. The van der Waals surface area contributed by atoms with Gasteiger partial charge in [-0.2, -0.15) is 0 Å². The van der Waals surface area contributed by atoms with Crippen molar-refractivity contribution in [3.8, 4) is 17.2 Å². The van der Waals surface area contributed by atoms with Crippen LogP contribution in [0.3, 0.4) is 0 Å². The van der Waals surface area contributed by atoms with Crippen LogP contribution in [-0.2, 0) is 6.54 Å². The number of quaternary nitrogens is 2. The van der Waals surface area contributed by atoms with E-state index in [0.717, 1.165) is 56.5 Å². The molecule has 0 aliphatic carbocycles. The van der Waals surface area contributed by atoms with E-state index in [-0.39, 0.29) is 0 Å². The first-order valence-electron chi connectivity index (χ1n) is 10.1. The van der Waals surface area contributed by atoms with E-state index in [9.17, 15) is 5.11 Å². The average Bonchev–Trinajstić information content (AvgIpc) is 3.16. The minimum absolute atomic E-state index is 0.323. The number of aliphatic hydroxyl groups is 1. The fraction of sp³-hybridized carbons (Fsp3) is 0.455. The Kier molecular flexibility index (Phi) is 6.00. The van der Waals surface area contributed by atoms with Gasteiger partial charge in [-0.05, 0) is 42.8 Å². The van der Waals surface area contributed by atoms with Crippen LogP contribution in [0.2, 0.25) is 0 Å². The highest BCUT2D eigenvalue weighted by molar-refractivity contribution is 5.44. The van der Waals surface area contributed by atoms with Crippen molar-refractivity contribution in [3.63, 3.8) is 0 Å². The van der Waals surface area contributed by atoms with Crippen molar-refractivity contribution in [1.29, 1.82) is 0 Å². The van der Waals surface area contributed by atoms with Gasteiger partial charge in [-0.1, -0.05) is 12.1 Å². The predicted molar refractivity (Wildman–Crippen MR) is 105 cm³/mol. The molecule has 0 spiro atoms. The smallest absolute Gasteiger partial charge is 0.231 e. The standard InChI is InChI=1S/C22H28N2O4/c1-17-3-2-4-20(11-17)26-15-19(25)14-24-9-7-23(8-10-24)13-18-5-6-21-22(12-18)28-16-27-21/h2-6,11-12,19,25H,7-10,13-16H2,1H3/p+2/t19-/m1/s1. The number of aliphatic hydroxyl groups excluding tert-OH is 1. The van der Waals surface area contributed by atoms with Crippen molar-refractivity contribution in [2.24, 2.45) is 0 Å². The van der Waals surface area contributed by atoms with Gasteiger partial charge in [0, 0.05) is 5.56 Å². The molecule has 2 aromatic rings. The van der Waals surface area contributed by atoms with Gasteiger partial charge in [0.05, 0.1) is 0 Å². The number of nitrogens with one attached hydrogen (secondary N) is 2. The van der Waals surface area contributed by atoms with Crippen LogP contribution in [0.5, 0.6) is 17.2 Å². The van der Waals surface area contributed by atoms with Crippen molar-refractivity contribution < 1.29 is 29.1 Å². The molecule has 0 amide bonds. The maximum atomic E-state index is 10.3. The Labute approximate surface area is 166 Å². The number of piperazine rings is 1. The first kappa shape index (κ1) is 19.1. The van der Waals surface area contributed by atoms with Gasteiger partial charge in [0.25, 0.3) is 0 Å². The monoisotopic (exact) mass is 386 g/mol. The van der Waals surface area contributed by atoms with Crippen molar-refractivity contribution >= 4 is 0 Å². The second kappa shape index (κ2) is 8.82. The fourth-order valence-electron chi connectivity index (χ4n) is 3.97. The van der Waals surface area contributed by atoms with Crippen LogP contribution < -0.4 is 24.0 Å². The van der Waals surface area contributed by atoms with Gasteiger partial charge in [-0.15, -0.1) is 0 Å². The Balaban J connectivity index is 1.18. The lowest BCUT2D eigenvalue weighted by atomic mass is 10.1. The highest BCUT2D eigenvalue weighted by Crippen LogP contribution is 2.32. The summed E-state index contributed by atoms with van der Waals surface area (Å²) in [6, 6.07) is 14.2. The average molecular weight is 386 g/mol. The quantitative estimate of drug-likeness (QED) is 0.598. The normalized spacial score (nSPS) is 22.1. The topological polar surface area (TPSA) is 56.8 Å². The summed E-state index contributed by atoms with van der Waals surface area (Å²) in [5, 5.41) is 10.3. The molecular formula is C22H30N2O4+2. The Hall–Kier alpha value is -2.28. The van der Waals surface area contributed by atoms with Gasteiger partial charge in [-0.25, -0.2) is 0 Å². The van der Waals surface area contributed by atoms with Gasteiger partial charge in [0.2, 0.25) is 6.79 Å². The number of ether oxygens (including phenoxy) is 3. The van der Waals surface area contributed by atoms with E-state index in [1.165, 1.54) is 16.0 Å². The number of rotatable bonds is 7. The molecule has 2 aliphatic rings. The van der Waals surface area contributed by atoms with Crippen LogP contribution in [0.25, 0.3) is 0 Å². The van der Waals surface area contributed by atoms with Crippen LogP contribution in [0.1, 0.15) is 11.1 Å². The molecule has 0 saturated carbocycles. The highest BCUT2D eigenvalue weighted by Gasteiger charge is 2.25. The fourth-order valence-corrected chi connectivity index (χ4v) is 3.97. The van der Waals surface area contributed by atoms with Crippen LogP contribution >= 0.6 is 0 Å². The third kappa shape index (κ3) is 4.95. The molecule has 4 rings (SSSR count). The summed E-state index contributed by atoms with van der Waals surface area (Å²) in [7, 11) is 0. The van der Waals surface area contributed by atoms with Crippen LogP contribution in [-0.4, -0.2) is 57.3 Å². The third-order valence-corrected chi connectivity index (χ3v) is 5.51. The van der Waals surface area contributed by atoms with E-state index in [1.807, 2.05) is 37.3 Å². The molecule has 3 N–H and O–H groups in total. The molecule has 2 heterocycles. The Bertz CT molecular complexity index is 790. The molecule has 0 unspecified atom stereocenters. The number of fused-ring (bicyclic) bond motifs is 1. The summed E-state index contributed by atoms with van der Waals surface area (Å²) in [6.07, 6.45) is -0.439. The van der Waals surface area contributed by atoms with Crippen LogP contribution in [0.15, 0.2) is 42.5 Å². The third-order valence-electron chi connectivity index (χ3n) is 5.51. The van der Waals surface area contributed by atoms with E-state index >= 15 is 0 Å². The summed E-state index contributed by atoms with van der Waals surface area (Å²) < 4.78 is 16.6. The van der Waals surface area contributed by atoms with Crippen molar-refractivity contribution in [3.05, 3.63) is 53.6 Å². The minimum atomic E-state index is -0.439. The Morgan fingerprint density at radius 2 is 1.79 bits per heavy atom. The second-order valence-corrected chi connectivity index (χ2v) is 7.85. The van der Waals surface area contributed by atoms with Gasteiger partial charge < -0.3 is 29.1 Å². The molecule has 0 bridgehead atoms. The van der Waals surface area contributed by atoms with E-state index in [0.29, 0.717) is 13.4 Å². The maximum Gasteiger partial charge on any atom is 0.231 e. The van der Waals surface area contributed by atoms with Crippen LogP contribution in [0.4, 0.5) is 0 Å². The molecule has 1 fully saturated rings. The molecule has 1 saturated heterocycles. The molecule has 2 aromatic carbocycles. The number of benzene rings is 2. The predicted octanol–water partition coefficient (Wildman–Crippen LogP) is -0.553. The summed E-state index contributed by atoms with van der Waals surface area (Å²) in [6.45, 7) is 8.81. The molecule has 6 nitrogen and oxygen atoms in total. The molecule has 0 aromatic heterocycles. The van der Waals surface area contributed by atoms with Gasteiger partial charge in [0.15, 0.2) is 11.5 Å². The van der Waals surface area contributed by atoms with E-state index in [1.54, 1.807) is 4.90 Å². The molecule has 0 radical (unpaired) electrons. The van der Waals surface area contributed by atoms with Gasteiger partial charge in [0.1, 0.15) is 57.7 Å². The number of hydrogen-bond acceptors (Lipinski definition) is 4. The zero-order chi connectivity index (χ0) is 19.3. The Morgan fingerprint density at radius 3 is 2.61 bits per heavy atom. The maximum absolute atomic E-state index is 10.3. The van der Waals surface area contributed by atoms with Crippen molar-refractivity contribution in [1.82, 2.24) is 0 Å². The highest BCUT2D eigenvalue weighted by atomic mass is 16.7. The largest absolute Gasteiger partial charge is 0.491 e. The molecule has 150 valence electrons. The molecule has 2 aliphatic heterocycles. The summed E-state index contributed by atoms with van der Waals surface area (Å²) >= 11 is 0. The molecule has 28 heavy (non-hydrogen) atoms. The minimum Gasteiger partial charge on any atom is -0.491 e. The van der Waals surface area contributed by atoms with Gasteiger partial charge in [-0.3, -0.25) is 0 Å². The van der Waals surface area contributed by atoms with E-state index < -0.39 is 6.10 Å². The lowest BCUT2D eigenvalue weighted by Crippen LogP contribution is -3.28. The summed E-state index contributed by atoms with van der Waals surface area (Å²) in [5.41, 5.74) is 2.45. The molecule has 6 heteroatoms. The summed E-state index contributed by atoms with van der Waals surface area (Å²) in [4.78, 5) is 3.03. The van der Waals surface area contributed by atoms with Crippen LogP contribution in [0, 0.1) is 6.92 Å². The number of aryl methyl sites for hydroxylation is 1.